The predicted molar refractivity (Wildman–Crippen MR) is 82.8 cm³/mol. The number of hydrogen-bond donors (Lipinski definition) is 1. The molecule has 1 N–H and O–H groups in total. The van der Waals surface area contributed by atoms with Gasteiger partial charge in [0.05, 0.1) is 18.1 Å². The van der Waals surface area contributed by atoms with Crippen molar-refractivity contribution in [3.63, 3.8) is 0 Å². The molecule has 1 aliphatic rings. The molecular formula is C15H27N5. The van der Waals surface area contributed by atoms with Crippen LogP contribution in [0.2, 0.25) is 0 Å². The summed E-state index contributed by atoms with van der Waals surface area (Å²) in [6.07, 6.45) is 4.84. The molecule has 1 saturated heterocycles. The Hall–Kier alpha value is -1.20. The van der Waals surface area contributed by atoms with Gasteiger partial charge < -0.3 is 5.32 Å². The van der Waals surface area contributed by atoms with Gasteiger partial charge in [-0.2, -0.15) is 0 Å². The lowest BCUT2D eigenvalue weighted by molar-refractivity contribution is 0.103. The van der Waals surface area contributed by atoms with Crippen LogP contribution in [0, 0.1) is 0 Å². The third-order valence-corrected chi connectivity index (χ3v) is 3.78. The number of piperazine rings is 1. The van der Waals surface area contributed by atoms with Crippen molar-refractivity contribution in [3.05, 3.63) is 18.1 Å². The van der Waals surface area contributed by atoms with Crippen molar-refractivity contribution in [2.75, 3.05) is 38.0 Å². The van der Waals surface area contributed by atoms with Crippen molar-refractivity contribution in [3.8, 4) is 0 Å². The Morgan fingerprint density at radius 1 is 1.15 bits per heavy atom. The predicted octanol–water partition coefficient (Wildman–Crippen LogP) is 1.82. The van der Waals surface area contributed by atoms with Crippen molar-refractivity contribution in [2.45, 2.75) is 39.8 Å². The van der Waals surface area contributed by atoms with Crippen LogP contribution in [0.4, 0.5) is 5.82 Å². The fraction of sp³-hybridized carbons (Fsp3) is 0.733. The topological polar surface area (TPSA) is 44.3 Å². The van der Waals surface area contributed by atoms with Gasteiger partial charge in [-0.1, -0.05) is 6.92 Å². The fourth-order valence-corrected chi connectivity index (χ4v) is 2.45. The lowest BCUT2D eigenvalue weighted by Gasteiger charge is -2.36. The average molecular weight is 277 g/mol. The van der Waals surface area contributed by atoms with Gasteiger partial charge in [-0.3, -0.25) is 14.8 Å². The van der Waals surface area contributed by atoms with E-state index in [1.807, 2.05) is 12.4 Å². The molecule has 1 aromatic heterocycles. The highest BCUT2D eigenvalue weighted by molar-refractivity contribution is 5.30. The number of anilines is 1. The van der Waals surface area contributed by atoms with Crippen LogP contribution in [0.3, 0.4) is 0 Å². The molecule has 0 aliphatic carbocycles. The Morgan fingerprint density at radius 2 is 1.90 bits per heavy atom. The Balaban J connectivity index is 1.79. The first-order valence-electron chi connectivity index (χ1n) is 7.70. The second kappa shape index (κ2) is 7.55. The van der Waals surface area contributed by atoms with E-state index >= 15 is 0 Å². The number of rotatable bonds is 6. The standard InChI is InChI=1S/C15H27N5/c1-4-5-16-15-11-17-14(10-18-15)12-19-6-8-20(9-7-19)13(2)3/h10-11,13H,4-9,12H2,1-3H3,(H,16,18). The van der Waals surface area contributed by atoms with E-state index < -0.39 is 0 Å². The van der Waals surface area contributed by atoms with Crippen LogP contribution in [0.15, 0.2) is 12.4 Å². The summed E-state index contributed by atoms with van der Waals surface area (Å²) in [5.41, 5.74) is 1.06. The van der Waals surface area contributed by atoms with Crippen molar-refractivity contribution in [2.24, 2.45) is 0 Å². The first kappa shape index (κ1) is 15.2. The van der Waals surface area contributed by atoms with Gasteiger partial charge in [-0.05, 0) is 20.3 Å². The van der Waals surface area contributed by atoms with Crippen molar-refractivity contribution in [1.29, 1.82) is 0 Å². The zero-order chi connectivity index (χ0) is 14.4. The molecule has 2 rings (SSSR count). The molecule has 0 aromatic carbocycles. The number of nitrogens with zero attached hydrogens (tertiary/aromatic N) is 4. The highest BCUT2D eigenvalue weighted by Crippen LogP contribution is 2.09. The minimum Gasteiger partial charge on any atom is -0.369 e. The summed E-state index contributed by atoms with van der Waals surface area (Å²) < 4.78 is 0. The van der Waals surface area contributed by atoms with Crippen LogP contribution in [0.25, 0.3) is 0 Å². The SMILES string of the molecule is CCCNc1cnc(CN2CCN(C(C)C)CC2)cn1. The summed E-state index contributed by atoms with van der Waals surface area (Å²) in [5, 5.41) is 3.25. The second-order valence-corrected chi connectivity index (χ2v) is 5.73. The van der Waals surface area contributed by atoms with Gasteiger partial charge in [0.15, 0.2) is 0 Å². The minimum absolute atomic E-state index is 0.654. The summed E-state index contributed by atoms with van der Waals surface area (Å²) in [7, 11) is 0. The van der Waals surface area contributed by atoms with Crippen LogP contribution in [-0.4, -0.2) is 58.5 Å². The first-order chi connectivity index (χ1) is 9.69. The molecule has 0 atom stereocenters. The molecule has 1 aliphatic heterocycles. The van der Waals surface area contributed by atoms with Gasteiger partial charge >= 0.3 is 0 Å². The van der Waals surface area contributed by atoms with E-state index in [1.165, 1.54) is 0 Å². The third-order valence-electron chi connectivity index (χ3n) is 3.78. The molecule has 0 saturated carbocycles. The van der Waals surface area contributed by atoms with E-state index in [1.54, 1.807) is 0 Å². The fourth-order valence-electron chi connectivity index (χ4n) is 2.45. The molecule has 0 unspecified atom stereocenters. The van der Waals surface area contributed by atoms with Crippen molar-refractivity contribution in [1.82, 2.24) is 19.8 Å². The van der Waals surface area contributed by atoms with Gasteiger partial charge in [0.2, 0.25) is 0 Å². The van der Waals surface area contributed by atoms with E-state index in [2.05, 4.69) is 45.9 Å². The highest BCUT2D eigenvalue weighted by Gasteiger charge is 2.18. The van der Waals surface area contributed by atoms with Crippen LogP contribution in [-0.2, 0) is 6.54 Å². The van der Waals surface area contributed by atoms with E-state index in [0.717, 1.165) is 57.2 Å². The zero-order valence-corrected chi connectivity index (χ0v) is 13.0. The molecule has 5 nitrogen and oxygen atoms in total. The molecule has 1 aromatic rings. The van der Waals surface area contributed by atoms with Gasteiger partial charge in [-0.25, -0.2) is 4.98 Å². The van der Waals surface area contributed by atoms with Gasteiger partial charge in [0.1, 0.15) is 5.82 Å². The van der Waals surface area contributed by atoms with E-state index in [0.29, 0.717) is 6.04 Å². The molecule has 0 amide bonds. The summed E-state index contributed by atoms with van der Waals surface area (Å²) in [5.74, 6) is 0.875. The highest BCUT2D eigenvalue weighted by atomic mass is 15.3. The largest absolute Gasteiger partial charge is 0.369 e. The molecular weight excluding hydrogens is 250 g/mol. The lowest BCUT2D eigenvalue weighted by Crippen LogP contribution is -2.48. The lowest BCUT2D eigenvalue weighted by atomic mass is 10.2. The Bertz CT molecular complexity index is 382. The number of nitrogens with one attached hydrogen (secondary N) is 1. The molecule has 112 valence electrons. The van der Waals surface area contributed by atoms with Gasteiger partial charge in [0.25, 0.3) is 0 Å². The molecule has 0 radical (unpaired) electrons. The second-order valence-electron chi connectivity index (χ2n) is 5.73. The van der Waals surface area contributed by atoms with Crippen molar-refractivity contribution >= 4 is 5.82 Å². The van der Waals surface area contributed by atoms with Crippen molar-refractivity contribution < 1.29 is 0 Å². The maximum absolute atomic E-state index is 4.50. The zero-order valence-electron chi connectivity index (χ0n) is 13.0. The molecule has 1 fully saturated rings. The maximum Gasteiger partial charge on any atom is 0.144 e. The summed E-state index contributed by atoms with van der Waals surface area (Å²) in [4.78, 5) is 13.9. The van der Waals surface area contributed by atoms with E-state index in [-0.39, 0.29) is 0 Å². The Labute approximate surface area is 122 Å². The molecule has 0 bridgehead atoms. The Morgan fingerprint density at radius 3 is 2.45 bits per heavy atom. The van der Waals surface area contributed by atoms with Crippen LogP contribution in [0.5, 0.6) is 0 Å². The van der Waals surface area contributed by atoms with Crippen LogP contribution < -0.4 is 5.32 Å². The third kappa shape index (κ3) is 4.42. The Kier molecular flexibility index (Phi) is 5.73. The molecule has 20 heavy (non-hydrogen) atoms. The quantitative estimate of drug-likeness (QED) is 0.859. The van der Waals surface area contributed by atoms with Crippen LogP contribution in [0.1, 0.15) is 32.9 Å². The monoisotopic (exact) mass is 277 g/mol. The summed E-state index contributed by atoms with van der Waals surface area (Å²) in [6, 6.07) is 0.654. The number of aromatic nitrogens is 2. The normalized spacial score (nSPS) is 17.6. The van der Waals surface area contributed by atoms with E-state index in [4.69, 9.17) is 0 Å². The van der Waals surface area contributed by atoms with Crippen LogP contribution >= 0.6 is 0 Å². The molecule has 0 spiro atoms. The van der Waals surface area contributed by atoms with E-state index in [9.17, 15) is 0 Å². The van der Waals surface area contributed by atoms with Gasteiger partial charge in [0, 0.05) is 45.3 Å². The molecule has 5 heteroatoms. The maximum atomic E-state index is 4.50. The van der Waals surface area contributed by atoms with Gasteiger partial charge in [-0.15, -0.1) is 0 Å². The minimum atomic E-state index is 0.654. The smallest absolute Gasteiger partial charge is 0.144 e. The summed E-state index contributed by atoms with van der Waals surface area (Å²) >= 11 is 0. The summed E-state index contributed by atoms with van der Waals surface area (Å²) in [6.45, 7) is 13.1. The molecule has 2 heterocycles. The average Bonchev–Trinajstić information content (AvgIpc) is 2.47. The first-order valence-corrected chi connectivity index (χ1v) is 7.70. The number of hydrogen-bond acceptors (Lipinski definition) is 5.